The summed E-state index contributed by atoms with van der Waals surface area (Å²) in [4.78, 5) is 0. The van der Waals surface area contributed by atoms with Crippen LogP contribution in [-0.2, 0) is 13.2 Å². The molecule has 3 heteroatoms. The summed E-state index contributed by atoms with van der Waals surface area (Å²) in [5.74, 6) is 0.885. The fraction of sp³-hybridized carbons (Fsp3) is 0.333. The zero-order valence-electron chi connectivity index (χ0n) is 12.7. The van der Waals surface area contributed by atoms with E-state index in [1.54, 1.807) is 0 Å². The molecule has 112 valence electrons. The molecule has 0 bridgehead atoms. The third-order valence-corrected chi connectivity index (χ3v) is 3.85. The molecule has 2 aromatic carbocycles. The van der Waals surface area contributed by atoms with Gasteiger partial charge in [0, 0.05) is 6.54 Å². The molecule has 0 amide bonds. The number of benzene rings is 2. The molecule has 2 aromatic rings. The number of hydrogen-bond donors (Lipinski definition) is 1. The van der Waals surface area contributed by atoms with E-state index in [9.17, 15) is 0 Å². The van der Waals surface area contributed by atoms with Gasteiger partial charge in [0.2, 0.25) is 0 Å². The summed E-state index contributed by atoms with van der Waals surface area (Å²) in [6.07, 6.45) is 1.15. The molecule has 0 saturated heterocycles. The molecule has 0 spiro atoms. The first-order valence-electron chi connectivity index (χ1n) is 7.36. The lowest BCUT2D eigenvalue weighted by Crippen LogP contribution is -2.13. The van der Waals surface area contributed by atoms with E-state index < -0.39 is 0 Å². The summed E-state index contributed by atoms with van der Waals surface area (Å²) in [5, 5.41) is 3.40. The van der Waals surface area contributed by atoms with E-state index in [1.807, 2.05) is 6.07 Å². The Balaban J connectivity index is 1.94. The van der Waals surface area contributed by atoms with Gasteiger partial charge in [-0.25, -0.2) is 0 Å². The Bertz CT molecular complexity index is 583. The molecule has 0 unspecified atom stereocenters. The fourth-order valence-corrected chi connectivity index (χ4v) is 2.68. The summed E-state index contributed by atoms with van der Waals surface area (Å²) < 4.78 is 6.90. The van der Waals surface area contributed by atoms with E-state index >= 15 is 0 Å². The Morgan fingerprint density at radius 3 is 2.67 bits per heavy atom. The second-order valence-corrected chi connectivity index (χ2v) is 6.07. The van der Waals surface area contributed by atoms with Crippen molar-refractivity contribution >= 4 is 15.9 Å². The van der Waals surface area contributed by atoms with Gasteiger partial charge in [0.25, 0.3) is 0 Å². The summed E-state index contributed by atoms with van der Waals surface area (Å²) >= 11 is 3.59. The van der Waals surface area contributed by atoms with Gasteiger partial charge >= 0.3 is 0 Å². The first-order chi connectivity index (χ1) is 10.2. The predicted octanol–water partition coefficient (Wildman–Crippen LogP) is 4.84. The van der Waals surface area contributed by atoms with Crippen LogP contribution in [0, 0.1) is 6.92 Å². The number of halogens is 1. The topological polar surface area (TPSA) is 21.3 Å². The Morgan fingerprint density at radius 2 is 1.95 bits per heavy atom. The Labute approximate surface area is 135 Å². The van der Waals surface area contributed by atoms with Crippen LogP contribution in [0.5, 0.6) is 5.75 Å². The van der Waals surface area contributed by atoms with Crippen LogP contribution in [-0.4, -0.2) is 6.54 Å². The summed E-state index contributed by atoms with van der Waals surface area (Å²) in [6, 6.07) is 14.7. The summed E-state index contributed by atoms with van der Waals surface area (Å²) in [7, 11) is 0. The Hall–Kier alpha value is -1.32. The zero-order chi connectivity index (χ0) is 15.1. The molecule has 0 aliphatic carbocycles. The van der Waals surface area contributed by atoms with Crippen LogP contribution < -0.4 is 10.1 Å². The second kappa shape index (κ2) is 8.20. The Morgan fingerprint density at radius 1 is 1.10 bits per heavy atom. The van der Waals surface area contributed by atoms with Crippen molar-refractivity contribution < 1.29 is 4.74 Å². The Kier molecular flexibility index (Phi) is 6.27. The van der Waals surface area contributed by atoms with Crippen molar-refractivity contribution in [2.75, 3.05) is 6.54 Å². The van der Waals surface area contributed by atoms with Gasteiger partial charge in [-0.05, 0) is 59.1 Å². The largest absolute Gasteiger partial charge is 0.488 e. The highest BCUT2D eigenvalue weighted by atomic mass is 79.9. The molecule has 2 nitrogen and oxygen atoms in total. The molecule has 2 rings (SSSR count). The molecular formula is C18H22BrNO. The highest BCUT2D eigenvalue weighted by Crippen LogP contribution is 2.27. The minimum Gasteiger partial charge on any atom is -0.488 e. The third-order valence-electron chi connectivity index (χ3n) is 3.23. The van der Waals surface area contributed by atoms with Crippen molar-refractivity contribution in [2.24, 2.45) is 0 Å². The lowest BCUT2D eigenvalue weighted by molar-refractivity contribution is 0.304. The summed E-state index contributed by atoms with van der Waals surface area (Å²) in [5.41, 5.74) is 3.71. The van der Waals surface area contributed by atoms with E-state index in [-0.39, 0.29) is 0 Å². The third kappa shape index (κ3) is 5.18. The van der Waals surface area contributed by atoms with E-state index in [1.165, 1.54) is 16.7 Å². The van der Waals surface area contributed by atoms with E-state index in [0.29, 0.717) is 6.61 Å². The minimum atomic E-state index is 0.591. The number of nitrogens with one attached hydrogen (secondary N) is 1. The molecule has 0 saturated carbocycles. The first kappa shape index (κ1) is 16.1. The van der Waals surface area contributed by atoms with Crippen LogP contribution >= 0.6 is 15.9 Å². The average Bonchev–Trinajstić information content (AvgIpc) is 2.47. The van der Waals surface area contributed by atoms with E-state index in [2.05, 4.69) is 71.5 Å². The highest BCUT2D eigenvalue weighted by Gasteiger charge is 2.03. The van der Waals surface area contributed by atoms with Crippen LogP contribution in [0.3, 0.4) is 0 Å². The van der Waals surface area contributed by atoms with Gasteiger partial charge in [-0.15, -0.1) is 0 Å². The fourth-order valence-electron chi connectivity index (χ4n) is 2.14. The number of hydrogen-bond acceptors (Lipinski definition) is 2. The molecule has 0 aliphatic heterocycles. The lowest BCUT2D eigenvalue weighted by atomic mass is 10.1. The summed E-state index contributed by atoms with van der Waals surface area (Å²) in [6.45, 7) is 6.80. The van der Waals surface area contributed by atoms with Gasteiger partial charge in [-0.2, -0.15) is 0 Å². The molecule has 1 N–H and O–H groups in total. The van der Waals surface area contributed by atoms with Gasteiger partial charge in [0.1, 0.15) is 12.4 Å². The quantitative estimate of drug-likeness (QED) is 0.723. The zero-order valence-corrected chi connectivity index (χ0v) is 14.2. The SMILES string of the molecule is CCCNCc1ccc(OCc2cccc(C)c2)c(Br)c1. The van der Waals surface area contributed by atoms with Gasteiger partial charge in [0.15, 0.2) is 0 Å². The van der Waals surface area contributed by atoms with Crippen molar-refractivity contribution in [3.8, 4) is 5.75 Å². The molecule has 21 heavy (non-hydrogen) atoms. The van der Waals surface area contributed by atoms with Crippen molar-refractivity contribution in [1.29, 1.82) is 0 Å². The van der Waals surface area contributed by atoms with Gasteiger partial charge < -0.3 is 10.1 Å². The van der Waals surface area contributed by atoms with Gasteiger partial charge in [-0.3, -0.25) is 0 Å². The molecule has 0 fully saturated rings. The van der Waals surface area contributed by atoms with Crippen LogP contribution in [0.25, 0.3) is 0 Å². The number of aryl methyl sites for hydroxylation is 1. The van der Waals surface area contributed by atoms with Crippen molar-refractivity contribution in [2.45, 2.75) is 33.4 Å². The van der Waals surface area contributed by atoms with Gasteiger partial charge in [0.05, 0.1) is 4.47 Å². The highest BCUT2D eigenvalue weighted by molar-refractivity contribution is 9.10. The van der Waals surface area contributed by atoms with E-state index in [4.69, 9.17) is 4.74 Å². The number of rotatable bonds is 7. The maximum atomic E-state index is 5.89. The molecule has 0 atom stereocenters. The van der Waals surface area contributed by atoms with Crippen molar-refractivity contribution in [3.63, 3.8) is 0 Å². The molecule has 0 aromatic heterocycles. The molecule has 0 aliphatic rings. The number of ether oxygens (including phenoxy) is 1. The first-order valence-corrected chi connectivity index (χ1v) is 8.16. The van der Waals surface area contributed by atoms with Crippen LogP contribution in [0.2, 0.25) is 0 Å². The van der Waals surface area contributed by atoms with E-state index in [0.717, 1.165) is 29.7 Å². The maximum absolute atomic E-state index is 5.89. The average molecular weight is 348 g/mol. The van der Waals surface area contributed by atoms with Crippen LogP contribution in [0.15, 0.2) is 46.9 Å². The standard InChI is InChI=1S/C18H22BrNO/c1-3-9-20-12-15-7-8-18(17(19)11-15)21-13-16-6-4-5-14(2)10-16/h4-8,10-11,20H,3,9,12-13H2,1-2H3. The van der Waals surface area contributed by atoms with Crippen LogP contribution in [0.4, 0.5) is 0 Å². The van der Waals surface area contributed by atoms with Gasteiger partial charge in [-0.1, -0.05) is 42.8 Å². The minimum absolute atomic E-state index is 0.591. The van der Waals surface area contributed by atoms with Crippen LogP contribution in [0.1, 0.15) is 30.0 Å². The molecular weight excluding hydrogens is 326 g/mol. The second-order valence-electron chi connectivity index (χ2n) is 5.22. The molecule has 0 heterocycles. The normalized spacial score (nSPS) is 10.6. The lowest BCUT2D eigenvalue weighted by Gasteiger charge is -2.11. The molecule has 0 radical (unpaired) electrons. The predicted molar refractivity (Wildman–Crippen MR) is 91.7 cm³/mol. The van der Waals surface area contributed by atoms with Crippen molar-refractivity contribution in [3.05, 3.63) is 63.6 Å². The monoisotopic (exact) mass is 347 g/mol. The smallest absolute Gasteiger partial charge is 0.134 e. The van der Waals surface area contributed by atoms with Crippen molar-refractivity contribution in [1.82, 2.24) is 5.32 Å². The maximum Gasteiger partial charge on any atom is 0.134 e.